The van der Waals surface area contributed by atoms with Crippen molar-refractivity contribution in [2.75, 3.05) is 0 Å². The minimum absolute atomic E-state index is 0.127. The smallest absolute Gasteiger partial charge is 0.141 e. The van der Waals surface area contributed by atoms with Gasteiger partial charge in [0.25, 0.3) is 0 Å². The van der Waals surface area contributed by atoms with Gasteiger partial charge in [-0.25, -0.2) is 4.39 Å². The average molecular weight is 273 g/mol. The number of unbranched alkanes of at least 4 members (excludes halogenated alkanes) is 4. The number of hydrogen-bond acceptors (Lipinski definition) is 1. The van der Waals surface area contributed by atoms with Crippen LogP contribution in [0.15, 0.2) is 18.2 Å². The van der Waals surface area contributed by atoms with Crippen LogP contribution in [0.25, 0.3) is 0 Å². The summed E-state index contributed by atoms with van der Waals surface area (Å²) < 4.78 is 13.0. The van der Waals surface area contributed by atoms with Crippen LogP contribution in [0.1, 0.15) is 51.0 Å². The molecule has 1 nitrogen and oxygen atoms in total. The number of halogens is 2. The molecule has 0 radical (unpaired) electrons. The Kier molecular flexibility index (Phi) is 7.29. The van der Waals surface area contributed by atoms with Gasteiger partial charge in [0, 0.05) is 0 Å². The molecule has 0 spiro atoms. The van der Waals surface area contributed by atoms with Gasteiger partial charge >= 0.3 is 0 Å². The summed E-state index contributed by atoms with van der Waals surface area (Å²) in [7, 11) is 0. The van der Waals surface area contributed by atoms with Crippen molar-refractivity contribution in [3.8, 4) is 0 Å². The summed E-state index contributed by atoms with van der Waals surface area (Å²) in [6.07, 6.45) is 6.97. The summed E-state index contributed by atoms with van der Waals surface area (Å²) in [5.74, 6) is -0.408. The van der Waals surface area contributed by atoms with Crippen molar-refractivity contribution in [1.82, 2.24) is 0 Å². The molecule has 0 aliphatic carbocycles. The summed E-state index contributed by atoms with van der Waals surface area (Å²) in [5, 5.41) is 10.0. The fraction of sp³-hybridized carbons (Fsp3) is 0.600. The van der Waals surface area contributed by atoms with Crippen LogP contribution < -0.4 is 0 Å². The third-order valence-electron chi connectivity index (χ3n) is 3.10. The molecule has 102 valence electrons. The molecule has 1 unspecified atom stereocenters. The Hall–Kier alpha value is -0.600. The van der Waals surface area contributed by atoms with Gasteiger partial charge in [-0.05, 0) is 30.5 Å². The third-order valence-corrected chi connectivity index (χ3v) is 3.39. The van der Waals surface area contributed by atoms with E-state index in [1.165, 1.54) is 31.7 Å². The van der Waals surface area contributed by atoms with Crippen LogP contribution in [0.2, 0.25) is 5.02 Å². The second-order valence-electron chi connectivity index (χ2n) is 4.81. The van der Waals surface area contributed by atoms with Crippen LogP contribution in [-0.2, 0) is 6.42 Å². The molecular weight excluding hydrogens is 251 g/mol. The van der Waals surface area contributed by atoms with Crippen LogP contribution in [0.5, 0.6) is 0 Å². The first-order valence-electron chi connectivity index (χ1n) is 6.75. The van der Waals surface area contributed by atoms with E-state index >= 15 is 0 Å². The number of hydrogen-bond donors (Lipinski definition) is 1. The van der Waals surface area contributed by atoms with Crippen LogP contribution in [0, 0.1) is 5.82 Å². The van der Waals surface area contributed by atoms with Crippen LogP contribution in [0.4, 0.5) is 4.39 Å². The van der Waals surface area contributed by atoms with Crippen LogP contribution in [-0.4, -0.2) is 11.2 Å². The van der Waals surface area contributed by atoms with Crippen molar-refractivity contribution in [2.45, 2.75) is 58.0 Å². The number of aliphatic hydroxyl groups is 1. The lowest BCUT2D eigenvalue weighted by atomic mass is 10.0. The van der Waals surface area contributed by atoms with Gasteiger partial charge in [0.2, 0.25) is 0 Å². The first-order valence-corrected chi connectivity index (χ1v) is 7.13. The molecule has 1 atom stereocenters. The first kappa shape index (κ1) is 15.5. The summed E-state index contributed by atoms with van der Waals surface area (Å²) >= 11 is 5.70. The highest BCUT2D eigenvalue weighted by Gasteiger charge is 2.07. The van der Waals surface area contributed by atoms with Gasteiger partial charge in [-0.3, -0.25) is 0 Å². The highest BCUT2D eigenvalue weighted by molar-refractivity contribution is 6.30. The van der Waals surface area contributed by atoms with E-state index in [4.69, 9.17) is 11.6 Å². The third kappa shape index (κ3) is 5.83. The zero-order valence-electron chi connectivity index (χ0n) is 11.0. The SMILES string of the molecule is CCCCCCCC(O)Cc1ccc(F)c(Cl)c1. The van der Waals surface area contributed by atoms with Gasteiger partial charge in [0.05, 0.1) is 11.1 Å². The molecule has 0 aromatic heterocycles. The fourth-order valence-electron chi connectivity index (χ4n) is 2.02. The number of rotatable bonds is 8. The average Bonchev–Trinajstić information content (AvgIpc) is 2.34. The molecule has 0 saturated heterocycles. The molecule has 1 aromatic rings. The molecule has 3 heteroatoms. The molecule has 1 N–H and O–H groups in total. The molecule has 1 aromatic carbocycles. The van der Waals surface area contributed by atoms with Gasteiger partial charge in [-0.15, -0.1) is 0 Å². The first-order chi connectivity index (χ1) is 8.63. The van der Waals surface area contributed by atoms with E-state index < -0.39 is 5.82 Å². The topological polar surface area (TPSA) is 20.2 Å². The molecule has 0 amide bonds. The lowest BCUT2D eigenvalue weighted by molar-refractivity contribution is 0.161. The maximum Gasteiger partial charge on any atom is 0.141 e. The van der Waals surface area contributed by atoms with Crippen molar-refractivity contribution in [2.24, 2.45) is 0 Å². The summed E-state index contributed by atoms with van der Waals surface area (Å²) in [6.45, 7) is 2.19. The van der Waals surface area contributed by atoms with E-state index in [9.17, 15) is 9.50 Å². The summed E-state index contributed by atoms with van der Waals surface area (Å²) in [5.41, 5.74) is 0.891. The van der Waals surface area contributed by atoms with Crippen molar-refractivity contribution >= 4 is 11.6 Å². The van der Waals surface area contributed by atoms with E-state index in [2.05, 4.69) is 6.92 Å². The minimum atomic E-state index is -0.408. The minimum Gasteiger partial charge on any atom is -0.393 e. The largest absolute Gasteiger partial charge is 0.393 e. The molecule has 0 aliphatic heterocycles. The lowest BCUT2D eigenvalue weighted by Gasteiger charge is -2.10. The Bertz CT molecular complexity index is 354. The van der Waals surface area contributed by atoms with E-state index in [-0.39, 0.29) is 11.1 Å². The Morgan fingerprint density at radius 2 is 1.94 bits per heavy atom. The summed E-state index contributed by atoms with van der Waals surface area (Å²) in [6, 6.07) is 4.63. The van der Waals surface area contributed by atoms with Gasteiger partial charge in [0.1, 0.15) is 5.82 Å². The van der Waals surface area contributed by atoms with Crippen molar-refractivity contribution in [1.29, 1.82) is 0 Å². The fourth-order valence-corrected chi connectivity index (χ4v) is 2.23. The predicted octanol–water partition coefficient (Wildman–Crippen LogP) is 4.74. The van der Waals surface area contributed by atoms with E-state index in [0.29, 0.717) is 6.42 Å². The lowest BCUT2D eigenvalue weighted by Crippen LogP contribution is -2.10. The normalized spacial score (nSPS) is 12.7. The Morgan fingerprint density at radius 1 is 1.22 bits per heavy atom. The number of aliphatic hydroxyl groups excluding tert-OH is 1. The van der Waals surface area contributed by atoms with Crippen molar-refractivity contribution in [3.63, 3.8) is 0 Å². The van der Waals surface area contributed by atoms with Crippen LogP contribution >= 0.6 is 11.6 Å². The number of benzene rings is 1. The molecule has 0 aliphatic rings. The Balaban J connectivity index is 2.26. The molecular formula is C15H22ClFO. The molecule has 0 bridgehead atoms. The molecule has 1 rings (SSSR count). The molecule has 18 heavy (non-hydrogen) atoms. The Labute approximate surface area is 114 Å². The quantitative estimate of drug-likeness (QED) is 0.678. The molecule has 0 heterocycles. The van der Waals surface area contributed by atoms with Crippen molar-refractivity contribution in [3.05, 3.63) is 34.6 Å². The second-order valence-corrected chi connectivity index (χ2v) is 5.22. The van der Waals surface area contributed by atoms with Crippen molar-refractivity contribution < 1.29 is 9.50 Å². The maximum atomic E-state index is 13.0. The molecule has 0 saturated carbocycles. The van der Waals surface area contributed by atoms with E-state index in [1.807, 2.05) is 0 Å². The standard InChI is InChI=1S/C15H22ClFO/c1-2-3-4-5-6-7-13(18)10-12-8-9-15(17)14(16)11-12/h8-9,11,13,18H,2-7,10H2,1H3. The van der Waals surface area contributed by atoms with Gasteiger partial charge in [-0.1, -0.05) is 56.7 Å². The Morgan fingerprint density at radius 3 is 2.61 bits per heavy atom. The maximum absolute atomic E-state index is 13.0. The second kappa shape index (κ2) is 8.49. The zero-order chi connectivity index (χ0) is 13.4. The van der Waals surface area contributed by atoms with Gasteiger partial charge in [-0.2, -0.15) is 0 Å². The highest BCUT2D eigenvalue weighted by atomic mass is 35.5. The van der Waals surface area contributed by atoms with E-state index in [1.54, 1.807) is 12.1 Å². The van der Waals surface area contributed by atoms with Crippen LogP contribution in [0.3, 0.4) is 0 Å². The highest BCUT2D eigenvalue weighted by Crippen LogP contribution is 2.18. The summed E-state index contributed by atoms with van der Waals surface area (Å²) in [4.78, 5) is 0. The van der Waals surface area contributed by atoms with Gasteiger partial charge < -0.3 is 5.11 Å². The van der Waals surface area contributed by atoms with E-state index in [0.717, 1.165) is 18.4 Å². The monoisotopic (exact) mass is 272 g/mol. The zero-order valence-corrected chi connectivity index (χ0v) is 11.7. The molecule has 0 fully saturated rings. The van der Waals surface area contributed by atoms with Gasteiger partial charge in [0.15, 0.2) is 0 Å². The predicted molar refractivity (Wildman–Crippen MR) is 74.5 cm³/mol.